The van der Waals surface area contributed by atoms with Gasteiger partial charge in [-0.3, -0.25) is 0 Å². The summed E-state index contributed by atoms with van der Waals surface area (Å²) in [6, 6.07) is 0. The molecule has 4 aliphatic rings. The van der Waals surface area contributed by atoms with Crippen molar-refractivity contribution in [1.82, 2.24) is 0 Å². The topological polar surface area (TPSA) is 64.6 Å². The van der Waals surface area contributed by atoms with Crippen LogP contribution in [0.2, 0.25) is 0 Å². The Bertz CT molecular complexity index is 350. The van der Waals surface area contributed by atoms with Crippen LogP contribution in [0.1, 0.15) is 6.42 Å². The van der Waals surface area contributed by atoms with Gasteiger partial charge in [0, 0.05) is 6.42 Å². The smallest absolute Gasteiger partial charge is 0.155 e. The van der Waals surface area contributed by atoms with Crippen LogP contribution in [-0.4, -0.2) is 63.1 Å². The zero-order valence-corrected chi connectivity index (χ0v) is 12.9. The van der Waals surface area contributed by atoms with Crippen LogP contribution in [0.4, 0.5) is 0 Å². The van der Waals surface area contributed by atoms with E-state index in [1.54, 1.807) is 0 Å². The quantitative estimate of drug-likeness (QED) is 0.610. The van der Waals surface area contributed by atoms with E-state index in [2.05, 4.69) is 0 Å². The van der Waals surface area contributed by atoms with Crippen LogP contribution in [0.3, 0.4) is 0 Å². The molecule has 4 bridgehead atoms. The highest BCUT2D eigenvalue weighted by atomic mass is 31.1. The first-order chi connectivity index (χ1) is 9.86. The van der Waals surface area contributed by atoms with E-state index < -0.39 is 5.60 Å². The molecule has 4 rings (SSSR count). The summed E-state index contributed by atoms with van der Waals surface area (Å²) in [4.78, 5) is 0. The first-order valence-corrected chi connectivity index (χ1v) is 8.41. The number of fused-ring (bicyclic) bond motifs is 2. The van der Waals surface area contributed by atoms with Crippen LogP contribution in [0.5, 0.6) is 0 Å². The molecule has 4 aliphatic heterocycles. The van der Waals surface area contributed by atoms with Gasteiger partial charge in [-0.15, -0.1) is 0 Å². The maximum absolute atomic E-state index is 5.85. The van der Waals surface area contributed by atoms with Crippen LogP contribution in [0.15, 0.2) is 0 Å². The highest BCUT2D eigenvalue weighted by Gasteiger charge is 2.58. The molecule has 9 heteroatoms. The molecule has 4 heterocycles. The van der Waals surface area contributed by atoms with Crippen LogP contribution in [-0.2, 0) is 32.3 Å². The number of rotatable bonds is 0. The van der Waals surface area contributed by atoms with E-state index in [9.17, 15) is 0 Å². The minimum Gasteiger partial charge on any atom is -0.373 e. The Hall–Kier alpha value is 0.580. The molecule has 4 fully saturated rings. The fourth-order valence-corrected chi connectivity index (χ4v) is 4.41. The summed E-state index contributed by atoms with van der Waals surface area (Å²) in [6.07, 6.45) is 0.888. The van der Waals surface area contributed by atoms with E-state index in [0.717, 1.165) is 6.42 Å². The van der Waals surface area contributed by atoms with E-state index in [1.165, 1.54) is 0 Å². The second-order valence-electron chi connectivity index (χ2n) is 5.46. The zero-order chi connectivity index (χ0) is 13.4. The highest BCUT2D eigenvalue weighted by Crippen LogP contribution is 2.43. The molecule has 0 amide bonds. The van der Waals surface area contributed by atoms with E-state index in [-0.39, 0.29) is 42.5 Å². The third-order valence-corrected chi connectivity index (χ3v) is 5.40. The molecule has 0 aromatic heterocycles. The monoisotopic (exact) mass is 324 g/mol. The molecule has 0 aromatic rings. The van der Waals surface area contributed by atoms with Crippen molar-refractivity contribution >= 4 is 18.1 Å². The van der Waals surface area contributed by atoms with E-state index in [1.807, 2.05) is 0 Å². The van der Waals surface area contributed by atoms with Gasteiger partial charge < -0.3 is 32.3 Å². The second kappa shape index (κ2) is 5.99. The Labute approximate surface area is 120 Å². The van der Waals surface area contributed by atoms with Crippen molar-refractivity contribution in [2.45, 2.75) is 36.4 Å². The summed E-state index contributed by atoms with van der Waals surface area (Å²) in [7, 11) is -0.0435. The van der Waals surface area contributed by atoms with Crippen molar-refractivity contribution in [1.29, 1.82) is 0 Å². The van der Waals surface area contributed by atoms with Gasteiger partial charge in [-0.1, -0.05) is 0 Å². The molecule has 0 spiro atoms. The Morgan fingerprint density at radius 1 is 0.850 bits per heavy atom. The van der Waals surface area contributed by atoms with E-state index in [4.69, 9.17) is 32.3 Å². The minimum atomic E-state index is -0.499. The molecule has 7 unspecified atom stereocenters. The third kappa shape index (κ3) is 2.65. The Balaban J connectivity index is 1.42. The lowest BCUT2D eigenvalue weighted by molar-refractivity contribution is -0.116. The van der Waals surface area contributed by atoms with Crippen LogP contribution < -0.4 is 0 Å². The van der Waals surface area contributed by atoms with Gasteiger partial charge in [-0.25, -0.2) is 0 Å². The predicted octanol–water partition coefficient (Wildman–Crippen LogP) is 0.777. The molecular formula is C11H18O7P2. The number of ether oxygens (including phenoxy) is 3. The maximum Gasteiger partial charge on any atom is 0.155 e. The van der Waals surface area contributed by atoms with Gasteiger partial charge in [0.25, 0.3) is 0 Å². The van der Waals surface area contributed by atoms with Crippen LogP contribution >= 0.6 is 18.1 Å². The first-order valence-electron chi connectivity index (χ1n) is 6.78. The molecule has 7 nitrogen and oxygen atoms in total. The average Bonchev–Trinajstić information content (AvgIpc) is 3.14. The molecular weight excluding hydrogens is 306 g/mol. The Morgan fingerprint density at radius 2 is 1.80 bits per heavy atom. The highest BCUT2D eigenvalue weighted by molar-refractivity contribution is 7.26. The summed E-state index contributed by atoms with van der Waals surface area (Å²) in [6.45, 7) is 2.62. The van der Waals surface area contributed by atoms with Gasteiger partial charge in [0.15, 0.2) is 18.1 Å². The van der Waals surface area contributed by atoms with Crippen molar-refractivity contribution in [3.8, 4) is 0 Å². The molecule has 0 saturated carbocycles. The predicted molar refractivity (Wildman–Crippen MR) is 71.1 cm³/mol. The molecule has 7 atom stereocenters. The summed E-state index contributed by atoms with van der Waals surface area (Å²) < 4.78 is 39.9. The van der Waals surface area contributed by atoms with Crippen molar-refractivity contribution in [3.05, 3.63) is 0 Å². The molecule has 0 radical (unpaired) electrons. The fourth-order valence-electron chi connectivity index (χ4n) is 2.95. The summed E-state index contributed by atoms with van der Waals surface area (Å²) in [5.74, 6) is 0. The molecule has 0 N–H and O–H groups in total. The van der Waals surface area contributed by atoms with Crippen molar-refractivity contribution in [2.75, 3.05) is 33.0 Å². The lowest BCUT2D eigenvalue weighted by atomic mass is 10.0. The van der Waals surface area contributed by atoms with Crippen molar-refractivity contribution in [3.63, 3.8) is 0 Å². The van der Waals surface area contributed by atoms with E-state index >= 15 is 0 Å². The van der Waals surface area contributed by atoms with Crippen molar-refractivity contribution in [2.24, 2.45) is 0 Å². The first kappa shape index (κ1) is 14.2. The Morgan fingerprint density at radius 3 is 2.70 bits per heavy atom. The lowest BCUT2D eigenvalue weighted by Crippen LogP contribution is -2.44. The van der Waals surface area contributed by atoms with E-state index in [0.29, 0.717) is 33.0 Å². The second-order valence-corrected chi connectivity index (χ2v) is 6.84. The summed E-state index contributed by atoms with van der Waals surface area (Å²) >= 11 is 0. The molecule has 20 heavy (non-hydrogen) atoms. The third-order valence-electron chi connectivity index (χ3n) is 4.07. The van der Waals surface area contributed by atoms with Gasteiger partial charge >= 0.3 is 0 Å². The SMILES string of the molecule is C1OPOC2C3COC2(COPOC2COC1C2)CO3. The van der Waals surface area contributed by atoms with Gasteiger partial charge in [0.2, 0.25) is 0 Å². The Kier molecular flexibility index (Phi) is 4.25. The van der Waals surface area contributed by atoms with Gasteiger partial charge in [-0.2, -0.15) is 0 Å². The normalized spacial score (nSPS) is 51.6. The van der Waals surface area contributed by atoms with Gasteiger partial charge in [-0.05, 0) is 0 Å². The number of hydrogen-bond donors (Lipinski definition) is 0. The lowest BCUT2D eigenvalue weighted by Gasteiger charge is -2.28. The molecule has 4 saturated heterocycles. The summed E-state index contributed by atoms with van der Waals surface area (Å²) in [5, 5.41) is 0. The van der Waals surface area contributed by atoms with Crippen LogP contribution in [0, 0.1) is 0 Å². The molecule has 114 valence electrons. The number of hydrogen-bond acceptors (Lipinski definition) is 7. The van der Waals surface area contributed by atoms with Crippen LogP contribution in [0.25, 0.3) is 0 Å². The van der Waals surface area contributed by atoms with Crippen molar-refractivity contribution < 1.29 is 32.3 Å². The molecule has 0 aromatic carbocycles. The summed E-state index contributed by atoms with van der Waals surface area (Å²) in [5.41, 5.74) is -0.499. The average molecular weight is 324 g/mol. The zero-order valence-electron chi connectivity index (χ0n) is 10.9. The largest absolute Gasteiger partial charge is 0.373 e. The maximum atomic E-state index is 5.85. The van der Waals surface area contributed by atoms with Gasteiger partial charge in [0.05, 0.1) is 45.2 Å². The minimum absolute atomic E-state index is 0.0119. The molecule has 0 aliphatic carbocycles. The van der Waals surface area contributed by atoms with Gasteiger partial charge in [0.1, 0.15) is 17.8 Å². The fraction of sp³-hybridized carbons (Fsp3) is 1.00. The standard InChI is InChI=1S/C11H18O7P2/c1-7-3-15-19-18-10-9-4-14-11(10,5-13-9)6-16-20-17-8(1)2-12-7/h7-10,19-20H,1-6H2.